The summed E-state index contributed by atoms with van der Waals surface area (Å²) >= 11 is 0. The van der Waals surface area contributed by atoms with Crippen molar-refractivity contribution in [3.05, 3.63) is 71.3 Å². The van der Waals surface area contributed by atoms with Crippen molar-refractivity contribution in [2.24, 2.45) is 0 Å². The predicted molar refractivity (Wildman–Crippen MR) is 110 cm³/mol. The molecular formula is C21H24FN5O2S. The van der Waals surface area contributed by atoms with E-state index >= 15 is 0 Å². The van der Waals surface area contributed by atoms with Crippen LogP contribution in [0.5, 0.6) is 0 Å². The maximum absolute atomic E-state index is 13.6. The fourth-order valence-electron chi connectivity index (χ4n) is 4.05. The largest absolute Gasteiger partial charge is 0.243 e. The molecule has 30 heavy (non-hydrogen) atoms. The minimum absolute atomic E-state index is 0.199. The maximum Gasteiger partial charge on any atom is 0.243 e. The van der Waals surface area contributed by atoms with Gasteiger partial charge in [-0.15, -0.1) is 5.10 Å². The summed E-state index contributed by atoms with van der Waals surface area (Å²) < 4.78 is 44.0. The molecule has 0 N–H and O–H groups in total. The zero-order valence-corrected chi connectivity index (χ0v) is 17.8. The van der Waals surface area contributed by atoms with Crippen molar-refractivity contribution in [2.45, 2.75) is 56.6 Å². The van der Waals surface area contributed by atoms with Gasteiger partial charge in [0.15, 0.2) is 0 Å². The van der Waals surface area contributed by atoms with Crippen molar-refractivity contribution in [1.29, 1.82) is 0 Å². The Hall–Kier alpha value is -2.65. The van der Waals surface area contributed by atoms with Crippen LogP contribution in [0.25, 0.3) is 0 Å². The lowest BCUT2D eigenvalue weighted by atomic mass is 10.1. The number of nitrogens with zero attached hydrogens (tertiary/aromatic N) is 5. The summed E-state index contributed by atoms with van der Waals surface area (Å²) in [6.45, 7) is 4.27. The van der Waals surface area contributed by atoms with E-state index < -0.39 is 10.0 Å². The van der Waals surface area contributed by atoms with E-state index in [-0.39, 0.29) is 22.8 Å². The van der Waals surface area contributed by atoms with E-state index in [9.17, 15) is 12.8 Å². The van der Waals surface area contributed by atoms with E-state index in [2.05, 4.69) is 15.5 Å². The number of halogens is 1. The molecule has 0 spiro atoms. The SMILES string of the molecule is Cc1ccc(S(=O)(=O)N2C(CCn3nnnc3C)CCC2c2ccc(F)cc2)cc1. The van der Waals surface area contributed by atoms with Crippen LogP contribution in [0.2, 0.25) is 0 Å². The fourth-order valence-corrected chi connectivity index (χ4v) is 5.94. The third kappa shape index (κ3) is 3.99. The van der Waals surface area contributed by atoms with Crippen LogP contribution in [0.3, 0.4) is 0 Å². The molecule has 2 unspecified atom stereocenters. The molecule has 9 heteroatoms. The van der Waals surface area contributed by atoms with Crippen molar-refractivity contribution in [2.75, 3.05) is 0 Å². The maximum atomic E-state index is 13.6. The summed E-state index contributed by atoms with van der Waals surface area (Å²) in [4.78, 5) is 0.269. The molecule has 1 aliphatic heterocycles. The lowest BCUT2D eigenvalue weighted by Gasteiger charge is -2.30. The molecule has 2 atom stereocenters. The Bertz CT molecular complexity index is 1110. The van der Waals surface area contributed by atoms with Gasteiger partial charge in [-0.3, -0.25) is 0 Å². The van der Waals surface area contributed by atoms with E-state index in [1.165, 1.54) is 12.1 Å². The van der Waals surface area contributed by atoms with E-state index in [1.54, 1.807) is 45.4 Å². The van der Waals surface area contributed by atoms with Gasteiger partial charge in [0.2, 0.25) is 10.0 Å². The van der Waals surface area contributed by atoms with E-state index in [0.717, 1.165) is 11.1 Å². The number of hydrogen-bond acceptors (Lipinski definition) is 5. The number of hydrogen-bond donors (Lipinski definition) is 0. The first kappa shape index (κ1) is 20.6. The molecule has 3 aromatic rings. The normalized spacial score (nSPS) is 20.0. The summed E-state index contributed by atoms with van der Waals surface area (Å²) in [6, 6.07) is 12.5. The minimum atomic E-state index is -3.73. The fraction of sp³-hybridized carbons (Fsp3) is 0.381. The van der Waals surface area contributed by atoms with Crippen LogP contribution in [0.15, 0.2) is 53.4 Å². The third-order valence-corrected chi connectivity index (χ3v) is 7.65. The molecule has 0 saturated carbocycles. The Labute approximate surface area is 175 Å². The van der Waals surface area contributed by atoms with Gasteiger partial charge in [0, 0.05) is 12.6 Å². The van der Waals surface area contributed by atoms with Gasteiger partial charge in [-0.2, -0.15) is 4.31 Å². The average Bonchev–Trinajstić information content (AvgIpc) is 3.33. The van der Waals surface area contributed by atoms with Crippen LogP contribution in [-0.4, -0.2) is 39.0 Å². The molecule has 1 aromatic heterocycles. The monoisotopic (exact) mass is 429 g/mol. The van der Waals surface area contributed by atoms with E-state index in [1.807, 2.05) is 13.8 Å². The highest BCUT2D eigenvalue weighted by Crippen LogP contribution is 2.41. The molecule has 0 aliphatic carbocycles. The lowest BCUT2D eigenvalue weighted by Crippen LogP contribution is -2.38. The van der Waals surface area contributed by atoms with Crippen molar-refractivity contribution < 1.29 is 12.8 Å². The van der Waals surface area contributed by atoms with Crippen LogP contribution in [0, 0.1) is 19.7 Å². The first-order valence-corrected chi connectivity index (χ1v) is 11.4. The van der Waals surface area contributed by atoms with Gasteiger partial charge in [0.25, 0.3) is 0 Å². The van der Waals surface area contributed by atoms with Crippen molar-refractivity contribution in [3.8, 4) is 0 Å². The summed E-state index contributed by atoms with van der Waals surface area (Å²) in [7, 11) is -3.73. The Morgan fingerprint density at radius 2 is 1.73 bits per heavy atom. The number of aryl methyl sites for hydroxylation is 3. The number of sulfonamides is 1. The van der Waals surface area contributed by atoms with Crippen molar-refractivity contribution in [1.82, 2.24) is 24.5 Å². The van der Waals surface area contributed by atoms with Gasteiger partial charge in [0.1, 0.15) is 11.6 Å². The molecule has 1 saturated heterocycles. The third-order valence-electron chi connectivity index (χ3n) is 5.68. The molecule has 1 fully saturated rings. The summed E-state index contributed by atoms with van der Waals surface area (Å²) in [5.41, 5.74) is 1.80. The smallest absolute Gasteiger partial charge is 0.230 e. The summed E-state index contributed by atoms with van der Waals surface area (Å²) in [5, 5.41) is 11.5. The van der Waals surface area contributed by atoms with Gasteiger partial charge in [-0.1, -0.05) is 29.8 Å². The number of tetrazole rings is 1. The highest BCUT2D eigenvalue weighted by Gasteiger charge is 2.42. The second kappa shape index (κ2) is 8.23. The second-order valence-electron chi connectivity index (χ2n) is 7.68. The highest BCUT2D eigenvalue weighted by molar-refractivity contribution is 7.89. The Morgan fingerprint density at radius 3 is 2.37 bits per heavy atom. The molecule has 1 aliphatic rings. The predicted octanol–water partition coefficient (Wildman–Crippen LogP) is 3.41. The quantitative estimate of drug-likeness (QED) is 0.600. The molecule has 2 heterocycles. The van der Waals surface area contributed by atoms with E-state index in [0.29, 0.717) is 31.6 Å². The molecule has 0 bridgehead atoms. The zero-order valence-electron chi connectivity index (χ0n) is 16.9. The van der Waals surface area contributed by atoms with Gasteiger partial charge >= 0.3 is 0 Å². The Balaban J connectivity index is 1.68. The van der Waals surface area contributed by atoms with E-state index in [4.69, 9.17) is 0 Å². The van der Waals surface area contributed by atoms with Crippen LogP contribution in [-0.2, 0) is 16.6 Å². The first-order valence-electron chi connectivity index (χ1n) is 9.95. The molecular weight excluding hydrogens is 405 g/mol. The summed E-state index contributed by atoms with van der Waals surface area (Å²) in [5.74, 6) is 0.353. The van der Waals surface area contributed by atoms with Gasteiger partial charge in [-0.25, -0.2) is 17.5 Å². The van der Waals surface area contributed by atoms with Crippen LogP contribution < -0.4 is 0 Å². The molecule has 2 aromatic carbocycles. The average molecular weight is 430 g/mol. The number of benzene rings is 2. The molecule has 4 rings (SSSR count). The molecule has 0 amide bonds. The number of aromatic nitrogens is 4. The van der Waals surface area contributed by atoms with Crippen molar-refractivity contribution in [3.63, 3.8) is 0 Å². The van der Waals surface area contributed by atoms with Crippen LogP contribution in [0.1, 0.15) is 42.3 Å². The summed E-state index contributed by atoms with van der Waals surface area (Å²) in [6.07, 6.45) is 1.99. The zero-order chi connectivity index (χ0) is 21.3. The minimum Gasteiger partial charge on any atom is -0.230 e. The van der Waals surface area contributed by atoms with Gasteiger partial charge in [-0.05, 0) is 73.4 Å². The van der Waals surface area contributed by atoms with Gasteiger partial charge < -0.3 is 0 Å². The first-order chi connectivity index (χ1) is 14.4. The standard InChI is InChI=1S/C21H24FN5O2S/c1-15-3-10-20(11-4-15)30(28,29)27-19(13-14-26-16(2)23-24-25-26)9-12-21(27)17-5-7-18(22)8-6-17/h3-8,10-11,19,21H,9,12-14H2,1-2H3. The van der Waals surface area contributed by atoms with Crippen molar-refractivity contribution >= 4 is 10.0 Å². The number of rotatable bonds is 6. The Kier molecular flexibility index (Phi) is 5.66. The van der Waals surface area contributed by atoms with Gasteiger partial charge in [0.05, 0.1) is 10.9 Å². The lowest BCUT2D eigenvalue weighted by molar-refractivity contribution is 0.299. The molecule has 7 nitrogen and oxygen atoms in total. The molecule has 158 valence electrons. The molecule has 0 radical (unpaired) electrons. The van der Waals surface area contributed by atoms with Crippen LogP contribution in [0.4, 0.5) is 4.39 Å². The topological polar surface area (TPSA) is 81.0 Å². The van der Waals surface area contributed by atoms with Crippen LogP contribution >= 0.6 is 0 Å². The second-order valence-corrected chi connectivity index (χ2v) is 9.53. The highest BCUT2D eigenvalue weighted by atomic mass is 32.2. The Morgan fingerprint density at radius 1 is 1.03 bits per heavy atom.